The molecule has 1 aliphatic heterocycles. The van der Waals surface area contributed by atoms with Gasteiger partial charge in [0.25, 0.3) is 0 Å². The maximum atomic E-state index is 11.9. The molecule has 2 heterocycles. The minimum absolute atomic E-state index is 0.0702. The van der Waals surface area contributed by atoms with Crippen LogP contribution in [0.1, 0.15) is 36.3 Å². The van der Waals surface area contributed by atoms with Gasteiger partial charge in [-0.25, -0.2) is 0 Å². The first-order valence-corrected chi connectivity index (χ1v) is 9.13. The van der Waals surface area contributed by atoms with Gasteiger partial charge in [-0.05, 0) is 52.6 Å². The molecule has 1 aromatic heterocycles. The highest BCUT2D eigenvalue weighted by molar-refractivity contribution is 7.09. The van der Waals surface area contributed by atoms with Crippen LogP contribution >= 0.6 is 11.3 Å². The first kappa shape index (κ1) is 18.2. The van der Waals surface area contributed by atoms with E-state index in [0.717, 1.165) is 49.3 Å². The number of nitrogens with one attached hydrogen (secondary N) is 1. The molecular weight excluding hydrogens is 314 g/mol. The molecule has 1 aromatic rings. The smallest absolute Gasteiger partial charge is 0.308 e. The van der Waals surface area contributed by atoms with Crippen molar-refractivity contribution in [2.75, 3.05) is 26.2 Å². The van der Waals surface area contributed by atoms with Gasteiger partial charge in [0.2, 0.25) is 5.91 Å². The molecule has 1 unspecified atom stereocenters. The van der Waals surface area contributed by atoms with Gasteiger partial charge in [0.1, 0.15) is 6.54 Å². The summed E-state index contributed by atoms with van der Waals surface area (Å²) in [5.41, 5.74) is 0.874. The van der Waals surface area contributed by atoms with Crippen LogP contribution in [0.5, 0.6) is 0 Å². The molecule has 1 fully saturated rings. The van der Waals surface area contributed by atoms with Crippen molar-refractivity contribution >= 4 is 17.2 Å². The summed E-state index contributed by atoms with van der Waals surface area (Å²) in [6.45, 7) is 6.79. The zero-order valence-electron chi connectivity index (χ0n) is 14.0. The lowest BCUT2D eigenvalue weighted by atomic mass is 10.2. The molecule has 1 aliphatic rings. The van der Waals surface area contributed by atoms with E-state index in [9.17, 15) is 14.7 Å². The van der Waals surface area contributed by atoms with Crippen LogP contribution in [0.25, 0.3) is 0 Å². The zero-order valence-corrected chi connectivity index (χ0v) is 14.8. The summed E-state index contributed by atoms with van der Waals surface area (Å²) in [5, 5.41) is 12.2. The molecule has 2 N–H and O–H groups in total. The maximum absolute atomic E-state index is 11.9. The Morgan fingerprint density at radius 3 is 2.83 bits per heavy atom. The van der Waals surface area contributed by atoms with Gasteiger partial charge in [0, 0.05) is 23.2 Å². The lowest BCUT2D eigenvalue weighted by Gasteiger charge is -2.22. The number of aryl methyl sites for hydroxylation is 1. The average molecular weight is 341 g/mol. The molecule has 0 spiro atoms. The number of carbonyl (C=O) groups is 1. The van der Waals surface area contributed by atoms with E-state index in [2.05, 4.69) is 10.2 Å². The predicted molar refractivity (Wildman–Crippen MR) is 92.0 cm³/mol. The third kappa shape index (κ3) is 4.89. The Bertz CT molecular complexity index is 582. The molecule has 0 radical (unpaired) electrons. The zero-order chi connectivity index (χ0) is 16.8. The topological polar surface area (TPSA) is 74.6 Å². The summed E-state index contributed by atoms with van der Waals surface area (Å²) in [6.07, 6.45) is 4.17. The quantitative estimate of drug-likeness (QED) is 0.689. The third-order valence-electron chi connectivity index (χ3n) is 4.58. The van der Waals surface area contributed by atoms with Crippen LogP contribution < -0.4 is 10.2 Å². The molecule has 1 amide bonds. The number of nitrogens with zero attached hydrogens (tertiary/aromatic N) is 2. The number of hydrogen-bond acceptors (Lipinski definition) is 5. The van der Waals surface area contributed by atoms with E-state index in [-0.39, 0.29) is 23.9 Å². The maximum Gasteiger partial charge on any atom is 0.308 e. The summed E-state index contributed by atoms with van der Waals surface area (Å²) in [7, 11) is 0. The Hall–Kier alpha value is -1.18. The van der Waals surface area contributed by atoms with Crippen molar-refractivity contribution in [2.45, 2.75) is 52.1 Å². The van der Waals surface area contributed by atoms with E-state index in [1.807, 2.05) is 13.8 Å². The highest BCUT2D eigenvalue weighted by atomic mass is 32.1. The standard InChI is InChI=1S/C16H27N3O3S/c1-12-13(2)23-16(22)19(12)10-15(21)17-7-3-4-8-18-9-5-6-14(18)11-20/h14,20H,3-11H2,1-2H3,(H,17,21). The first-order chi connectivity index (χ1) is 11.0. The number of rotatable bonds is 8. The largest absolute Gasteiger partial charge is 0.395 e. The fourth-order valence-electron chi connectivity index (χ4n) is 3.03. The van der Waals surface area contributed by atoms with Crippen molar-refractivity contribution in [3.8, 4) is 0 Å². The molecule has 7 heteroatoms. The molecule has 1 saturated heterocycles. The molecule has 2 rings (SSSR count). The molecule has 130 valence electrons. The number of carbonyl (C=O) groups excluding carboxylic acids is 1. The SMILES string of the molecule is Cc1sc(=O)n(CC(=O)NCCCCN2CCCC2CO)c1C. The van der Waals surface area contributed by atoms with Gasteiger partial charge in [-0.1, -0.05) is 11.3 Å². The van der Waals surface area contributed by atoms with E-state index in [1.54, 1.807) is 0 Å². The highest BCUT2D eigenvalue weighted by Crippen LogP contribution is 2.16. The number of amides is 1. The number of likely N-dealkylation sites (tertiary alicyclic amines) is 1. The van der Waals surface area contributed by atoms with Gasteiger partial charge in [-0.3, -0.25) is 19.1 Å². The van der Waals surface area contributed by atoms with Crippen molar-refractivity contribution in [1.29, 1.82) is 0 Å². The minimum atomic E-state index is -0.109. The Morgan fingerprint density at radius 2 is 2.17 bits per heavy atom. The van der Waals surface area contributed by atoms with Gasteiger partial charge >= 0.3 is 4.87 Å². The first-order valence-electron chi connectivity index (χ1n) is 8.31. The van der Waals surface area contributed by atoms with Gasteiger partial charge < -0.3 is 10.4 Å². The van der Waals surface area contributed by atoms with E-state index >= 15 is 0 Å². The number of thiazole rings is 1. The molecule has 0 aromatic carbocycles. The third-order valence-corrected chi connectivity index (χ3v) is 5.58. The lowest BCUT2D eigenvalue weighted by molar-refractivity contribution is -0.121. The van der Waals surface area contributed by atoms with Gasteiger partial charge in [-0.2, -0.15) is 0 Å². The van der Waals surface area contributed by atoms with Crippen LogP contribution in [-0.4, -0.2) is 52.8 Å². The van der Waals surface area contributed by atoms with Crippen LogP contribution in [-0.2, 0) is 11.3 Å². The van der Waals surface area contributed by atoms with Crippen LogP contribution in [0.2, 0.25) is 0 Å². The number of unbranched alkanes of at least 4 members (excludes halogenated alkanes) is 1. The molecule has 0 aliphatic carbocycles. The van der Waals surface area contributed by atoms with Crippen molar-refractivity contribution in [3.05, 3.63) is 20.2 Å². The summed E-state index contributed by atoms with van der Waals surface area (Å²) in [4.78, 5) is 26.9. The van der Waals surface area contributed by atoms with E-state index in [0.29, 0.717) is 12.6 Å². The second-order valence-electron chi connectivity index (χ2n) is 6.17. The van der Waals surface area contributed by atoms with Crippen molar-refractivity contribution < 1.29 is 9.90 Å². The number of aromatic nitrogens is 1. The Balaban J connectivity index is 1.64. The summed E-state index contributed by atoms with van der Waals surface area (Å²) >= 11 is 1.19. The number of hydrogen-bond donors (Lipinski definition) is 2. The monoisotopic (exact) mass is 341 g/mol. The molecule has 23 heavy (non-hydrogen) atoms. The molecular formula is C16H27N3O3S. The average Bonchev–Trinajstić information content (AvgIpc) is 3.07. The lowest BCUT2D eigenvalue weighted by Crippen LogP contribution is -2.34. The van der Waals surface area contributed by atoms with Crippen LogP contribution in [0.15, 0.2) is 4.79 Å². The van der Waals surface area contributed by atoms with Crippen LogP contribution in [0, 0.1) is 13.8 Å². The Labute approximate surface area is 141 Å². The fraction of sp³-hybridized carbons (Fsp3) is 0.750. The fourth-order valence-corrected chi connectivity index (χ4v) is 3.87. The van der Waals surface area contributed by atoms with Crippen LogP contribution in [0.4, 0.5) is 0 Å². The second kappa shape index (κ2) is 8.61. The summed E-state index contributed by atoms with van der Waals surface area (Å²) in [5.74, 6) is -0.109. The Morgan fingerprint density at radius 1 is 1.39 bits per heavy atom. The normalized spacial score (nSPS) is 18.5. The van der Waals surface area contributed by atoms with E-state index < -0.39 is 0 Å². The van der Waals surface area contributed by atoms with Crippen molar-refractivity contribution in [3.63, 3.8) is 0 Å². The van der Waals surface area contributed by atoms with E-state index in [1.165, 1.54) is 15.9 Å². The Kier molecular flexibility index (Phi) is 6.80. The second-order valence-corrected chi connectivity index (χ2v) is 7.33. The molecule has 0 bridgehead atoms. The van der Waals surface area contributed by atoms with Crippen molar-refractivity contribution in [1.82, 2.24) is 14.8 Å². The van der Waals surface area contributed by atoms with Gasteiger partial charge in [0.05, 0.1) is 6.61 Å². The van der Waals surface area contributed by atoms with Crippen LogP contribution in [0.3, 0.4) is 0 Å². The molecule has 1 atom stereocenters. The van der Waals surface area contributed by atoms with Gasteiger partial charge in [-0.15, -0.1) is 0 Å². The molecule has 0 saturated carbocycles. The summed E-state index contributed by atoms with van der Waals surface area (Å²) < 4.78 is 1.53. The molecule has 6 nitrogen and oxygen atoms in total. The minimum Gasteiger partial charge on any atom is -0.395 e. The predicted octanol–water partition coefficient (Wildman–Crippen LogP) is 0.880. The number of aliphatic hydroxyl groups excluding tert-OH is 1. The van der Waals surface area contributed by atoms with Crippen molar-refractivity contribution in [2.24, 2.45) is 0 Å². The number of aliphatic hydroxyl groups is 1. The van der Waals surface area contributed by atoms with Gasteiger partial charge in [0.15, 0.2) is 0 Å². The highest BCUT2D eigenvalue weighted by Gasteiger charge is 2.22. The summed E-state index contributed by atoms with van der Waals surface area (Å²) in [6, 6.07) is 0.321. The van der Waals surface area contributed by atoms with E-state index in [4.69, 9.17) is 0 Å².